The first-order chi connectivity index (χ1) is 14.7. The van der Waals surface area contributed by atoms with Gasteiger partial charge in [0.2, 0.25) is 0 Å². The van der Waals surface area contributed by atoms with E-state index < -0.39 is 5.60 Å². The Kier molecular flexibility index (Phi) is 5.09. The summed E-state index contributed by atoms with van der Waals surface area (Å²) in [6.45, 7) is 7.11. The fourth-order valence-electron chi connectivity index (χ4n) is 8.90. The van der Waals surface area contributed by atoms with Gasteiger partial charge in [-0.3, -0.25) is 9.48 Å². The molecule has 4 saturated carbocycles. The summed E-state index contributed by atoms with van der Waals surface area (Å²) >= 11 is 0. The SMILES string of the molecule is CC1C[C@H](C(=O)Cn2cc(C#N)cn2)[C@@]2(C)CC[C@@H]3[C@H]4CC[C@@](C)(O)C[C@H]4CC[C@H]3C12. The maximum atomic E-state index is 13.4. The lowest BCUT2D eigenvalue weighted by Gasteiger charge is -2.57. The number of hydrogen-bond donors (Lipinski definition) is 1. The van der Waals surface area contributed by atoms with E-state index in [2.05, 4.69) is 25.0 Å². The van der Waals surface area contributed by atoms with Crippen LogP contribution in [0.25, 0.3) is 0 Å². The smallest absolute Gasteiger partial charge is 0.157 e. The predicted molar refractivity (Wildman–Crippen MR) is 118 cm³/mol. The fraction of sp³-hybridized carbons (Fsp3) is 0.808. The van der Waals surface area contributed by atoms with Crippen molar-refractivity contribution in [2.24, 2.45) is 46.8 Å². The number of carbonyl (C=O) groups is 1. The Labute approximate surface area is 186 Å². The van der Waals surface area contributed by atoms with E-state index in [1.807, 2.05) is 6.92 Å². The molecular weight excluding hydrogens is 386 g/mol. The Hall–Kier alpha value is -1.67. The van der Waals surface area contributed by atoms with Crippen LogP contribution in [-0.2, 0) is 11.3 Å². The van der Waals surface area contributed by atoms with Crippen LogP contribution in [0.4, 0.5) is 0 Å². The third kappa shape index (κ3) is 3.46. The van der Waals surface area contributed by atoms with Crippen LogP contribution in [0.2, 0.25) is 0 Å². The van der Waals surface area contributed by atoms with Gasteiger partial charge in [0, 0.05) is 12.1 Å². The normalized spacial score (nSPS) is 46.5. The summed E-state index contributed by atoms with van der Waals surface area (Å²) in [5.41, 5.74) is 0.142. The molecule has 4 aliphatic carbocycles. The quantitative estimate of drug-likeness (QED) is 0.771. The molecule has 1 heterocycles. The molecule has 168 valence electrons. The van der Waals surface area contributed by atoms with Gasteiger partial charge in [-0.2, -0.15) is 10.4 Å². The molecular formula is C26H37N3O2. The van der Waals surface area contributed by atoms with E-state index in [-0.39, 0.29) is 17.9 Å². The lowest BCUT2D eigenvalue weighted by atomic mass is 9.48. The maximum Gasteiger partial charge on any atom is 0.157 e. The first-order valence-electron chi connectivity index (χ1n) is 12.4. The zero-order chi connectivity index (χ0) is 22.0. The largest absolute Gasteiger partial charge is 0.390 e. The predicted octanol–water partition coefficient (Wildman–Crippen LogP) is 4.59. The van der Waals surface area contributed by atoms with Gasteiger partial charge < -0.3 is 5.11 Å². The standard InChI is InChI=1S/C26H37N3O2/c1-16-10-22(23(30)15-29-14-17(12-27)13-28-29)26(3)9-7-20-19-6-8-25(2,31)11-18(19)4-5-21(20)24(16)26/h13-14,16,18-22,24,31H,4-11,15H2,1-3H3/t16?,18-,19+,20-,21-,22-,24?,25-,26-/m1/s1. The number of rotatable bonds is 3. The topological polar surface area (TPSA) is 78.9 Å². The lowest BCUT2D eigenvalue weighted by Crippen LogP contribution is -2.51. The molecule has 0 bridgehead atoms. The molecule has 5 rings (SSSR count). The van der Waals surface area contributed by atoms with E-state index in [0.717, 1.165) is 43.4 Å². The molecule has 31 heavy (non-hydrogen) atoms. The number of fused-ring (bicyclic) bond motifs is 5. The number of aromatic nitrogens is 2. The van der Waals surface area contributed by atoms with Gasteiger partial charge in [0.1, 0.15) is 6.07 Å². The van der Waals surface area contributed by atoms with E-state index in [1.54, 1.807) is 17.1 Å². The number of Topliss-reactive ketones (excluding diaryl/α,β-unsaturated/α-hetero) is 1. The molecule has 0 spiro atoms. The molecule has 0 aliphatic heterocycles. The molecule has 0 saturated heterocycles. The second-order valence-electron chi connectivity index (χ2n) is 11.9. The van der Waals surface area contributed by atoms with Crippen LogP contribution in [0.5, 0.6) is 0 Å². The van der Waals surface area contributed by atoms with Gasteiger partial charge in [-0.15, -0.1) is 0 Å². The Morgan fingerprint density at radius 2 is 2.00 bits per heavy atom. The van der Waals surface area contributed by atoms with Gasteiger partial charge >= 0.3 is 0 Å². The average Bonchev–Trinajstić information content (AvgIpc) is 3.28. The van der Waals surface area contributed by atoms with Crippen molar-refractivity contribution < 1.29 is 9.90 Å². The Bertz CT molecular complexity index is 899. The maximum absolute atomic E-state index is 13.4. The minimum atomic E-state index is -0.465. The van der Waals surface area contributed by atoms with Crippen molar-refractivity contribution in [3.63, 3.8) is 0 Å². The van der Waals surface area contributed by atoms with Gasteiger partial charge in [-0.1, -0.05) is 13.8 Å². The van der Waals surface area contributed by atoms with Crippen molar-refractivity contribution in [2.45, 2.75) is 84.3 Å². The van der Waals surface area contributed by atoms with E-state index in [4.69, 9.17) is 5.26 Å². The third-order valence-electron chi connectivity index (χ3n) is 10.0. The minimum absolute atomic E-state index is 0.0931. The molecule has 0 amide bonds. The Balaban J connectivity index is 1.34. The van der Waals surface area contributed by atoms with Crippen molar-refractivity contribution >= 4 is 5.78 Å². The van der Waals surface area contributed by atoms with Gasteiger partial charge in [0.05, 0.1) is 23.9 Å². The molecule has 1 N–H and O–H groups in total. The molecule has 2 unspecified atom stereocenters. The summed E-state index contributed by atoms with van der Waals surface area (Å²) in [7, 11) is 0. The second kappa shape index (κ2) is 7.44. The number of aliphatic hydroxyl groups is 1. The number of nitrogens with zero attached hydrogens (tertiary/aromatic N) is 3. The first-order valence-corrected chi connectivity index (χ1v) is 12.4. The molecule has 9 atom stereocenters. The minimum Gasteiger partial charge on any atom is -0.390 e. The zero-order valence-corrected chi connectivity index (χ0v) is 19.3. The summed E-state index contributed by atoms with van der Waals surface area (Å²) in [6.07, 6.45) is 12.3. The zero-order valence-electron chi connectivity index (χ0n) is 19.3. The van der Waals surface area contributed by atoms with E-state index in [1.165, 1.54) is 25.7 Å². The number of carbonyl (C=O) groups excluding carboxylic acids is 1. The molecule has 1 aromatic rings. The van der Waals surface area contributed by atoms with Crippen LogP contribution >= 0.6 is 0 Å². The highest BCUT2D eigenvalue weighted by atomic mass is 16.3. The third-order valence-corrected chi connectivity index (χ3v) is 10.0. The molecule has 0 radical (unpaired) electrons. The average molecular weight is 424 g/mol. The highest BCUT2D eigenvalue weighted by Crippen LogP contribution is 2.66. The van der Waals surface area contributed by atoms with Gasteiger partial charge in [0.25, 0.3) is 0 Å². The molecule has 0 aromatic carbocycles. The van der Waals surface area contributed by atoms with Gasteiger partial charge in [-0.25, -0.2) is 0 Å². The second-order valence-corrected chi connectivity index (χ2v) is 11.9. The van der Waals surface area contributed by atoms with Crippen LogP contribution in [0.3, 0.4) is 0 Å². The van der Waals surface area contributed by atoms with E-state index in [9.17, 15) is 9.90 Å². The first kappa shape index (κ1) is 21.2. The highest BCUT2D eigenvalue weighted by Gasteiger charge is 2.60. The Morgan fingerprint density at radius 1 is 1.23 bits per heavy atom. The fourth-order valence-corrected chi connectivity index (χ4v) is 8.90. The summed E-state index contributed by atoms with van der Waals surface area (Å²) < 4.78 is 1.65. The van der Waals surface area contributed by atoms with Crippen molar-refractivity contribution in [1.29, 1.82) is 5.26 Å². The number of nitriles is 1. The highest BCUT2D eigenvalue weighted by molar-refractivity contribution is 5.82. The molecule has 4 aliphatic rings. The number of hydrogen-bond acceptors (Lipinski definition) is 4. The van der Waals surface area contributed by atoms with Crippen molar-refractivity contribution in [2.75, 3.05) is 0 Å². The molecule has 4 fully saturated rings. The molecule has 1 aromatic heterocycles. The van der Waals surface area contributed by atoms with Crippen LogP contribution in [0, 0.1) is 58.2 Å². The monoisotopic (exact) mass is 423 g/mol. The van der Waals surface area contributed by atoms with Gasteiger partial charge in [-0.05, 0) is 99.2 Å². The van der Waals surface area contributed by atoms with Crippen LogP contribution < -0.4 is 0 Å². The summed E-state index contributed by atoms with van der Waals surface area (Å²) in [4.78, 5) is 13.4. The summed E-state index contributed by atoms with van der Waals surface area (Å²) in [5.74, 6) is 4.62. The van der Waals surface area contributed by atoms with Crippen molar-refractivity contribution in [3.8, 4) is 6.07 Å². The number of ketones is 1. The molecule has 5 heteroatoms. The van der Waals surface area contributed by atoms with Gasteiger partial charge in [0.15, 0.2) is 5.78 Å². The van der Waals surface area contributed by atoms with Crippen LogP contribution in [0.15, 0.2) is 12.4 Å². The van der Waals surface area contributed by atoms with Crippen LogP contribution in [-0.4, -0.2) is 26.3 Å². The summed E-state index contributed by atoms with van der Waals surface area (Å²) in [6, 6.07) is 2.10. The van der Waals surface area contributed by atoms with Crippen molar-refractivity contribution in [3.05, 3.63) is 18.0 Å². The van der Waals surface area contributed by atoms with E-state index >= 15 is 0 Å². The van der Waals surface area contributed by atoms with Crippen LogP contribution in [0.1, 0.15) is 77.7 Å². The van der Waals surface area contributed by atoms with Crippen molar-refractivity contribution in [1.82, 2.24) is 9.78 Å². The summed E-state index contributed by atoms with van der Waals surface area (Å²) in [5, 5.41) is 23.9. The van der Waals surface area contributed by atoms with E-state index in [0.29, 0.717) is 29.1 Å². The lowest BCUT2D eigenvalue weighted by molar-refractivity contribution is -0.133. The molecule has 5 nitrogen and oxygen atoms in total. The Morgan fingerprint density at radius 3 is 2.74 bits per heavy atom.